The van der Waals surface area contributed by atoms with Crippen molar-refractivity contribution in [2.75, 3.05) is 13.1 Å². The fourth-order valence-electron chi connectivity index (χ4n) is 1.47. The topological polar surface area (TPSA) is 81.3 Å². The molecule has 0 N–H and O–H groups in total. The second kappa shape index (κ2) is 4.73. The molecule has 0 aromatic carbocycles. The maximum absolute atomic E-state index is 12.0. The van der Waals surface area contributed by atoms with E-state index in [0.29, 0.717) is 13.1 Å². The fourth-order valence-corrected chi connectivity index (χ4v) is 1.47. The summed E-state index contributed by atoms with van der Waals surface area (Å²) < 4.78 is 1.23. The van der Waals surface area contributed by atoms with Crippen molar-refractivity contribution < 1.29 is 9.72 Å². The first-order chi connectivity index (χ1) is 7.52. The van der Waals surface area contributed by atoms with Crippen LogP contribution in [-0.2, 0) is 7.05 Å². The van der Waals surface area contributed by atoms with Crippen LogP contribution in [0.5, 0.6) is 0 Å². The van der Waals surface area contributed by atoms with Crippen molar-refractivity contribution in [1.29, 1.82) is 0 Å². The maximum Gasteiger partial charge on any atom is 0.320 e. The first kappa shape index (κ1) is 12.2. The summed E-state index contributed by atoms with van der Waals surface area (Å²) >= 11 is 0. The molecule has 16 heavy (non-hydrogen) atoms. The molecule has 1 aromatic rings. The minimum absolute atomic E-state index is 0.0219. The lowest BCUT2D eigenvalue weighted by molar-refractivity contribution is -0.385. The lowest BCUT2D eigenvalue weighted by atomic mass is 10.3. The lowest BCUT2D eigenvalue weighted by Crippen LogP contribution is -2.32. The number of aryl methyl sites for hydroxylation is 1. The Morgan fingerprint density at radius 1 is 1.56 bits per heavy atom. The molecule has 0 atom stereocenters. The van der Waals surface area contributed by atoms with Crippen molar-refractivity contribution in [1.82, 2.24) is 14.7 Å². The summed E-state index contributed by atoms with van der Waals surface area (Å²) in [5.41, 5.74) is -0.229. The van der Waals surface area contributed by atoms with Gasteiger partial charge < -0.3 is 4.90 Å². The monoisotopic (exact) mass is 226 g/mol. The van der Waals surface area contributed by atoms with E-state index in [9.17, 15) is 14.9 Å². The molecule has 0 aliphatic carbocycles. The van der Waals surface area contributed by atoms with E-state index in [-0.39, 0.29) is 17.3 Å². The molecule has 1 rings (SSSR count). The van der Waals surface area contributed by atoms with Crippen LogP contribution < -0.4 is 0 Å². The van der Waals surface area contributed by atoms with E-state index in [1.54, 1.807) is 0 Å². The number of nitrogens with zero attached hydrogens (tertiary/aromatic N) is 4. The highest BCUT2D eigenvalue weighted by molar-refractivity contribution is 5.96. The number of aromatic nitrogens is 2. The van der Waals surface area contributed by atoms with Gasteiger partial charge in [0.05, 0.1) is 4.92 Å². The Balaban J connectivity index is 3.16. The average molecular weight is 226 g/mol. The zero-order valence-corrected chi connectivity index (χ0v) is 9.51. The van der Waals surface area contributed by atoms with E-state index < -0.39 is 4.92 Å². The number of hydrogen-bond acceptors (Lipinski definition) is 4. The molecule has 0 bridgehead atoms. The normalized spacial score (nSPS) is 10.2. The maximum atomic E-state index is 12.0. The number of rotatable bonds is 4. The van der Waals surface area contributed by atoms with Gasteiger partial charge in [0.1, 0.15) is 6.20 Å². The summed E-state index contributed by atoms with van der Waals surface area (Å²) in [6, 6.07) is 0. The third-order valence-electron chi connectivity index (χ3n) is 2.37. The summed E-state index contributed by atoms with van der Waals surface area (Å²) in [5, 5.41) is 14.5. The van der Waals surface area contributed by atoms with E-state index in [1.165, 1.54) is 16.6 Å². The van der Waals surface area contributed by atoms with Crippen molar-refractivity contribution in [2.45, 2.75) is 13.8 Å². The van der Waals surface area contributed by atoms with Crippen LogP contribution in [-0.4, -0.2) is 38.6 Å². The molecule has 0 spiro atoms. The highest BCUT2D eigenvalue weighted by Crippen LogP contribution is 2.18. The van der Waals surface area contributed by atoms with E-state index in [4.69, 9.17) is 0 Å². The van der Waals surface area contributed by atoms with Crippen LogP contribution in [0, 0.1) is 10.1 Å². The molecule has 0 radical (unpaired) electrons. The summed E-state index contributed by atoms with van der Waals surface area (Å²) in [7, 11) is 1.52. The predicted octanol–water partition coefficient (Wildman–Crippen LogP) is 0.810. The van der Waals surface area contributed by atoms with Gasteiger partial charge in [-0.05, 0) is 13.8 Å². The van der Waals surface area contributed by atoms with Gasteiger partial charge in [0, 0.05) is 20.1 Å². The molecular formula is C9H14N4O3. The Hall–Kier alpha value is -1.92. The minimum Gasteiger partial charge on any atom is -0.338 e. The van der Waals surface area contributed by atoms with Gasteiger partial charge in [0.15, 0.2) is 0 Å². The smallest absolute Gasteiger partial charge is 0.320 e. The third-order valence-corrected chi connectivity index (χ3v) is 2.37. The molecule has 88 valence electrons. The molecule has 1 aromatic heterocycles. The Morgan fingerprint density at radius 2 is 2.12 bits per heavy atom. The molecule has 0 fully saturated rings. The summed E-state index contributed by atoms with van der Waals surface area (Å²) in [6.45, 7) is 4.67. The van der Waals surface area contributed by atoms with Gasteiger partial charge in [-0.15, -0.1) is 0 Å². The first-order valence-electron chi connectivity index (χ1n) is 4.98. The van der Waals surface area contributed by atoms with Crippen molar-refractivity contribution >= 4 is 11.6 Å². The quantitative estimate of drug-likeness (QED) is 0.562. The molecule has 0 saturated carbocycles. The lowest BCUT2D eigenvalue weighted by Gasteiger charge is -2.17. The van der Waals surface area contributed by atoms with Crippen LogP contribution in [0.4, 0.5) is 5.69 Å². The number of carbonyl (C=O) groups excluding carboxylic acids is 1. The minimum atomic E-state index is -0.594. The number of nitro groups is 1. The van der Waals surface area contributed by atoms with Crippen molar-refractivity contribution in [3.8, 4) is 0 Å². The van der Waals surface area contributed by atoms with Gasteiger partial charge in [0.2, 0.25) is 5.69 Å². The predicted molar refractivity (Wildman–Crippen MR) is 57.1 cm³/mol. The van der Waals surface area contributed by atoms with Crippen LogP contribution in [0.2, 0.25) is 0 Å². The van der Waals surface area contributed by atoms with Gasteiger partial charge in [0.25, 0.3) is 5.91 Å². The summed E-state index contributed by atoms with van der Waals surface area (Å²) in [5.74, 6) is -0.364. The zero-order chi connectivity index (χ0) is 12.3. The third kappa shape index (κ3) is 2.02. The van der Waals surface area contributed by atoms with Gasteiger partial charge in [-0.1, -0.05) is 0 Å². The molecule has 0 saturated heterocycles. The Morgan fingerprint density at radius 3 is 2.56 bits per heavy atom. The number of amides is 1. The Bertz CT molecular complexity index is 409. The van der Waals surface area contributed by atoms with Crippen molar-refractivity contribution in [3.05, 3.63) is 22.0 Å². The molecular weight excluding hydrogens is 212 g/mol. The van der Waals surface area contributed by atoms with Gasteiger partial charge in [-0.3, -0.25) is 19.6 Å². The van der Waals surface area contributed by atoms with Gasteiger partial charge in [-0.2, -0.15) is 5.10 Å². The summed E-state index contributed by atoms with van der Waals surface area (Å²) in [6.07, 6.45) is 1.09. The highest BCUT2D eigenvalue weighted by atomic mass is 16.6. The standard InChI is InChI=1S/C9H14N4O3/c1-4-12(5-2)9(14)8-7(13(15)16)6-10-11(8)3/h6H,4-5H2,1-3H3. The SMILES string of the molecule is CCN(CC)C(=O)c1c([N+](=O)[O-])cnn1C. The van der Waals surface area contributed by atoms with Crippen LogP contribution in [0.15, 0.2) is 6.20 Å². The molecule has 7 nitrogen and oxygen atoms in total. The average Bonchev–Trinajstić information content (AvgIpc) is 2.61. The second-order valence-electron chi connectivity index (χ2n) is 3.24. The van der Waals surface area contributed by atoms with Gasteiger partial charge >= 0.3 is 5.69 Å². The van der Waals surface area contributed by atoms with Crippen LogP contribution in [0.25, 0.3) is 0 Å². The molecule has 0 aliphatic rings. The highest BCUT2D eigenvalue weighted by Gasteiger charge is 2.27. The van der Waals surface area contributed by atoms with Crippen molar-refractivity contribution in [3.63, 3.8) is 0 Å². The molecule has 1 amide bonds. The van der Waals surface area contributed by atoms with Crippen LogP contribution in [0.1, 0.15) is 24.3 Å². The van der Waals surface area contributed by atoms with E-state index >= 15 is 0 Å². The van der Waals surface area contributed by atoms with E-state index in [0.717, 1.165) is 6.20 Å². The zero-order valence-electron chi connectivity index (χ0n) is 9.51. The fraction of sp³-hybridized carbons (Fsp3) is 0.556. The molecule has 0 unspecified atom stereocenters. The number of carbonyl (C=O) groups is 1. The van der Waals surface area contributed by atoms with Crippen molar-refractivity contribution in [2.24, 2.45) is 7.05 Å². The molecule has 0 aliphatic heterocycles. The summed E-state index contributed by atoms with van der Waals surface area (Å²) in [4.78, 5) is 23.6. The second-order valence-corrected chi connectivity index (χ2v) is 3.24. The van der Waals surface area contributed by atoms with Crippen LogP contribution >= 0.6 is 0 Å². The molecule has 7 heteroatoms. The molecule has 1 heterocycles. The Kier molecular flexibility index (Phi) is 3.60. The van der Waals surface area contributed by atoms with E-state index in [2.05, 4.69) is 5.10 Å². The Labute approximate surface area is 92.8 Å². The number of hydrogen-bond donors (Lipinski definition) is 0. The van der Waals surface area contributed by atoms with Gasteiger partial charge in [-0.25, -0.2) is 0 Å². The van der Waals surface area contributed by atoms with Crippen LogP contribution in [0.3, 0.4) is 0 Å². The van der Waals surface area contributed by atoms with E-state index in [1.807, 2.05) is 13.8 Å². The largest absolute Gasteiger partial charge is 0.338 e. The first-order valence-corrected chi connectivity index (χ1v) is 4.98.